The van der Waals surface area contributed by atoms with E-state index in [1.807, 2.05) is 0 Å². The number of benzene rings is 1. The Morgan fingerprint density at radius 1 is 1.06 bits per heavy atom. The van der Waals surface area contributed by atoms with Crippen LogP contribution in [-0.2, 0) is 15.4 Å². The summed E-state index contributed by atoms with van der Waals surface area (Å²) in [6.07, 6.45) is 0. The lowest BCUT2D eigenvalue weighted by molar-refractivity contribution is -0.0429. The minimum Gasteiger partial charge on any atom is -0.276 e. The molecule has 1 aromatic rings. The van der Waals surface area contributed by atoms with Gasteiger partial charge in [-0.15, -0.1) is 0 Å². The molecule has 0 unspecified atom stereocenters. The van der Waals surface area contributed by atoms with E-state index < -0.39 is 20.9 Å². The van der Waals surface area contributed by atoms with Crippen molar-refractivity contribution in [3.8, 4) is 0 Å². The number of alkyl halides is 3. The molecule has 0 radical (unpaired) electrons. The Balaban J connectivity index is 3.22. The molecule has 1 N–H and O–H groups in total. The van der Waals surface area contributed by atoms with Crippen LogP contribution in [0.15, 0.2) is 24.3 Å². The summed E-state index contributed by atoms with van der Waals surface area (Å²) in [4.78, 5) is 0. The first-order valence-electron chi connectivity index (χ1n) is 5.14. The predicted octanol–water partition coefficient (Wildman–Crippen LogP) is 3.25. The largest absolute Gasteiger partial charge is 0.516 e. The van der Waals surface area contributed by atoms with Gasteiger partial charge in [-0.05, 0) is 17.0 Å². The van der Waals surface area contributed by atoms with Crippen molar-refractivity contribution in [1.29, 1.82) is 0 Å². The van der Waals surface area contributed by atoms with Gasteiger partial charge in [0.1, 0.15) is 0 Å². The maximum absolute atomic E-state index is 12.3. The minimum atomic E-state index is -5.38. The van der Waals surface area contributed by atoms with Crippen molar-refractivity contribution in [2.24, 2.45) is 0 Å². The molecule has 0 aliphatic carbocycles. The van der Waals surface area contributed by atoms with Crippen molar-refractivity contribution < 1.29 is 21.6 Å². The van der Waals surface area contributed by atoms with Gasteiger partial charge in [-0.3, -0.25) is 4.72 Å². The number of rotatable bonds is 2. The quantitative estimate of drug-likeness (QED) is 0.904. The lowest BCUT2D eigenvalue weighted by Gasteiger charge is -2.23. The standard InChI is InChI=1S/C11H14F3NO2S/c1-10(2,3)8-6-4-5-7-9(8)15-18(16,17)11(12,13)14/h4-7,15H,1-3H3. The summed E-state index contributed by atoms with van der Waals surface area (Å²) in [6, 6.07) is 6.02. The van der Waals surface area contributed by atoms with Crippen LogP contribution in [0.2, 0.25) is 0 Å². The molecular weight excluding hydrogens is 267 g/mol. The van der Waals surface area contributed by atoms with Crippen molar-refractivity contribution >= 4 is 15.7 Å². The normalized spacial score (nSPS) is 13.4. The molecule has 1 rings (SSSR count). The zero-order valence-corrected chi connectivity index (χ0v) is 11.0. The molecule has 0 saturated carbocycles. The van der Waals surface area contributed by atoms with Gasteiger partial charge in [0.2, 0.25) is 0 Å². The van der Waals surface area contributed by atoms with Crippen LogP contribution in [0.5, 0.6) is 0 Å². The summed E-state index contributed by atoms with van der Waals surface area (Å²) in [5.41, 5.74) is -5.34. The van der Waals surface area contributed by atoms with E-state index in [2.05, 4.69) is 0 Å². The second-order valence-corrected chi connectivity index (χ2v) is 6.52. The van der Waals surface area contributed by atoms with Gasteiger partial charge in [-0.2, -0.15) is 21.6 Å². The summed E-state index contributed by atoms with van der Waals surface area (Å²) in [7, 11) is -5.38. The van der Waals surface area contributed by atoms with Crippen LogP contribution >= 0.6 is 0 Å². The van der Waals surface area contributed by atoms with Gasteiger partial charge in [0.15, 0.2) is 0 Å². The van der Waals surface area contributed by atoms with Gasteiger partial charge in [-0.1, -0.05) is 39.0 Å². The van der Waals surface area contributed by atoms with Crippen LogP contribution in [-0.4, -0.2) is 13.9 Å². The highest BCUT2D eigenvalue weighted by molar-refractivity contribution is 7.93. The molecule has 1 aromatic carbocycles. The van der Waals surface area contributed by atoms with Crippen LogP contribution in [0.4, 0.5) is 18.9 Å². The van der Waals surface area contributed by atoms with Crippen LogP contribution in [0.1, 0.15) is 26.3 Å². The van der Waals surface area contributed by atoms with Gasteiger partial charge in [0.25, 0.3) is 0 Å². The summed E-state index contributed by atoms with van der Waals surface area (Å²) >= 11 is 0. The number of halogens is 3. The SMILES string of the molecule is CC(C)(C)c1ccccc1NS(=O)(=O)C(F)(F)F. The summed E-state index contributed by atoms with van der Waals surface area (Å²) in [5.74, 6) is 0. The van der Waals surface area contributed by atoms with Crippen LogP contribution in [0, 0.1) is 0 Å². The van der Waals surface area contributed by atoms with E-state index in [4.69, 9.17) is 0 Å². The maximum Gasteiger partial charge on any atom is 0.516 e. The van der Waals surface area contributed by atoms with E-state index in [-0.39, 0.29) is 5.69 Å². The Hall–Kier alpha value is -1.24. The van der Waals surface area contributed by atoms with Crippen molar-refractivity contribution in [3.05, 3.63) is 29.8 Å². The predicted molar refractivity (Wildman–Crippen MR) is 63.7 cm³/mol. The average Bonchev–Trinajstić information content (AvgIpc) is 2.14. The van der Waals surface area contributed by atoms with E-state index in [0.29, 0.717) is 5.56 Å². The third kappa shape index (κ3) is 3.16. The third-order valence-electron chi connectivity index (χ3n) is 2.28. The molecule has 0 aromatic heterocycles. The Morgan fingerprint density at radius 3 is 2.00 bits per heavy atom. The second kappa shape index (κ2) is 4.46. The van der Waals surface area contributed by atoms with Crippen molar-refractivity contribution in [3.63, 3.8) is 0 Å². The van der Waals surface area contributed by atoms with Crippen molar-refractivity contribution in [1.82, 2.24) is 0 Å². The fourth-order valence-corrected chi connectivity index (χ4v) is 2.01. The monoisotopic (exact) mass is 281 g/mol. The number of hydrogen-bond donors (Lipinski definition) is 1. The molecule has 0 spiro atoms. The second-order valence-electron chi connectivity index (χ2n) is 4.85. The van der Waals surface area contributed by atoms with Gasteiger partial charge in [-0.25, -0.2) is 0 Å². The van der Waals surface area contributed by atoms with E-state index in [1.165, 1.54) is 12.1 Å². The lowest BCUT2D eigenvalue weighted by Crippen LogP contribution is -2.31. The Morgan fingerprint density at radius 2 is 1.56 bits per heavy atom. The number of anilines is 1. The first-order valence-corrected chi connectivity index (χ1v) is 6.62. The molecule has 0 aliphatic heterocycles. The smallest absolute Gasteiger partial charge is 0.276 e. The van der Waals surface area contributed by atoms with Crippen LogP contribution in [0.3, 0.4) is 0 Å². The fraction of sp³-hybridized carbons (Fsp3) is 0.455. The molecule has 0 bridgehead atoms. The fourth-order valence-electron chi connectivity index (χ4n) is 1.43. The molecule has 7 heteroatoms. The van der Waals surface area contributed by atoms with Crippen molar-refractivity contribution in [2.45, 2.75) is 31.7 Å². The molecule has 3 nitrogen and oxygen atoms in total. The maximum atomic E-state index is 12.3. The highest BCUT2D eigenvalue weighted by atomic mass is 32.2. The molecule has 0 fully saturated rings. The van der Waals surface area contributed by atoms with Gasteiger partial charge in [0, 0.05) is 0 Å². The van der Waals surface area contributed by atoms with Crippen LogP contribution in [0.25, 0.3) is 0 Å². The Bertz CT molecular complexity index is 530. The first kappa shape index (κ1) is 14.8. The summed E-state index contributed by atoms with van der Waals surface area (Å²) in [6.45, 7) is 5.36. The van der Waals surface area contributed by atoms with Crippen LogP contribution < -0.4 is 4.72 Å². The van der Waals surface area contributed by atoms with E-state index in [0.717, 1.165) is 0 Å². The minimum absolute atomic E-state index is 0.0534. The number of sulfonamides is 1. The number of para-hydroxylation sites is 1. The summed E-state index contributed by atoms with van der Waals surface area (Å²) < 4.78 is 60.6. The zero-order chi connectivity index (χ0) is 14.2. The van der Waals surface area contributed by atoms with Gasteiger partial charge < -0.3 is 0 Å². The molecule has 0 amide bonds. The van der Waals surface area contributed by atoms with E-state index in [9.17, 15) is 21.6 Å². The average molecular weight is 281 g/mol. The number of hydrogen-bond acceptors (Lipinski definition) is 2. The van der Waals surface area contributed by atoms with Crippen molar-refractivity contribution in [2.75, 3.05) is 4.72 Å². The molecule has 0 heterocycles. The molecule has 0 saturated heterocycles. The molecule has 0 atom stereocenters. The molecule has 102 valence electrons. The first-order chi connectivity index (χ1) is 7.95. The van der Waals surface area contributed by atoms with E-state index >= 15 is 0 Å². The highest BCUT2D eigenvalue weighted by Crippen LogP contribution is 2.32. The highest BCUT2D eigenvalue weighted by Gasteiger charge is 2.46. The van der Waals surface area contributed by atoms with E-state index in [1.54, 1.807) is 37.6 Å². The summed E-state index contributed by atoms with van der Waals surface area (Å²) in [5, 5.41) is 0. The zero-order valence-electron chi connectivity index (χ0n) is 10.2. The topological polar surface area (TPSA) is 46.2 Å². The number of nitrogens with one attached hydrogen (secondary N) is 1. The Labute approximate surface area is 104 Å². The Kier molecular flexibility index (Phi) is 3.67. The lowest BCUT2D eigenvalue weighted by atomic mass is 9.86. The molecule has 18 heavy (non-hydrogen) atoms. The van der Waals surface area contributed by atoms with Gasteiger partial charge >= 0.3 is 15.5 Å². The van der Waals surface area contributed by atoms with Gasteiger partial charge in [0.05, 0.1) is 5.69 Å². The molecule has 0 aliphatic rings. The molecular formula is C11H14F3NO2S. The third-order valence-corrected chi connectivity index (χ3v) is 3.38.